The van der Waals surface area contributed by atoms with Crippen LogP contribution < -0.4 is 5.56 Å². The fraction of sp³-hybridized carbons (Fsp3) is 0.0526. The summed E-state index contributed by atoms with van der Waals surface area (Å²) >= 11 is 5.92. The number of rotatable bonds is 3. The van der Waals surface area contributed by atoms with Crippen molar-refractivity contribution < 1.29 is 9.90 Å². The van der Waals surface area contributed by atoms with Crippen molar-refractivity contribution in [3.63, 3.8) is 0 Å². The zero-order valence-corrected chi connectivity index (χ0v) is 13.6. The van der Waals surface area contributed by atoms with E-state index in [1.165, 1.54) is 17.6 Å². The molecule has 1 N–H and O–H groups in total. The van der Waals surface area contributed by atoms with E-state index in [1.807, 2.05) is 30.3 Å². The Kier molecular flexibility index (Phi) is 4.23. The normalized spacial score (nSPS) is 10.6. The lowest BCUT2D eigenvalue weighted by atomic mass is 10.1. The van der Waals surface area contributed by atoms with Gasteiger partial charge in [-0.3, -0.25) is 14.2 Å². The van der Waals surface area contributed by atoms with Crippen molar-refractivity contribution in [3.05, 3.63) is 81.6 Å². The van der Waals surface area contributed by atoms with Crippen LogP contribution in [0.2, 0.25) is 5.02 Å². The largest absolute Gasteiger partial charge is 0.507 e. The van der Waals surface area contributed by atoms with Gasteiger partial charge in [0.2, 0.25) is 0 Å². The summed E-state index contributed by atoms with van der Waals surface area (Å²) in [6.07, 6.45) is 0. The van der Waals surface area contributed by atoms with E-state index in [4.69, 9.17) is 11.6 Å². The summed E-state index contributed by atoms with van der Waals surface area (Å²) in [5.41, 5.74) is 0.999. The fourth-order valence-corrected chi connectivity index (χ4v) is 2.72. The number of ketones is 1. The Hall–Kier alpha value is -2.85. The number of benzene rings is 2. The topological polar surface area (TPSA) is 59.3 Å². The highest BCUT2D eigenvalue weighted by molar-refractivity contribution is 6.30. The molecule has 0 saturated heterocycles. The Morgan fingerprint density at radius 3 is 2.25 bits per heavy atom. The van der Waals surface area contributed by atoms with Crippen LogP contribution in [0.3, 0.4) is 0 Å². The maximum Gasteiger partial charge on any atom is 0.270 e. The zero-order chi connectivity index (χ0) is 17.3. The molecule has 0 spiro atoms. The lowest BCUT2D eigenvalue weighted by Crippen LogP contribution is -2.25. The molecular weight excluding hydrogens is 326 g/mol. The van der Waals surface area contributed by atoms with E-state index in [9.17, 15) is 14.7 Å². The van der Waals surface area contributed by atoms with E-state index in [-0.39, 0.29) is 11.3 Å². The van der Waals surface area contributed by atoms with Gasteiger partial charge in [0, 0.05) is 16.8 Å². The van der Waals surface area contributed by atoms with Crippen molar-refractivity contribution in [3.8, 4) is 22.7 Å². The zero-order valence-electron chi connectivity index (χ0n) is 12.9. The molecule has 2 aromatic carbocycles. The van der Waals surface area contributed by atoms with Crippen molar-refractivity contribution in [2.24, 2.45) is 0 Å². The number of carbonyl (C=O) groups excluding carboxylic acids is 1. The molecule has 24 heavy (non-hydrogen) atoms. The first-order valence-corrected chi connectivity index (χ1v) is 7.68. The molecule has 1 aromatic heterocycles. The SMILES string of the molecule is CC(=O)c1c(O)cc(-c2ccccc2)n(-c2ccc(Cl)cc2)c1=O. The van der Waals surface area contributed by atoms with Gasteiger partial charge in [-0.25, -0.2) is 0 Å². The Labute approximate surface area is 143 Å². The van der Waals surface area contributed by atoms with Gasteiger partial charge in [0.25, 0.3) is 5.56 Å². The van der Waals surface area contributed by atoms with Crippen LogP contribution in [-0.2, 0) is 0 Å². The van der Waals surface area contributed by atoms with Gasteiger partial charge in [0.1, 0.15) is 11.3 Å². The third kappa shape index (κ3) is 2.84. The van der Waals surface area contributed by atoms with Crippen LogP contribution in [0.15, 0.2) is 65.5 Å². The van der Waals surface area contributed by atoms with Crippen LogP contribution in [-0.4, -0.2) is 15.5 Å². The maximum atomic E-state index is 12.9. The van der Waals surface area contributed by atoms with Gasteiger partial charge >= 0.3 is 0 Å². The van der Waals surface area contributed by atoms with Gasteiger partial charge < -0.3 is 5.11 Å². The average molecular weight is 340 g/mol. The average Bonchev–Trinajstić information content (AvgIpc) is 2.56. The Balaban J connectivity index is 2.39. The molecule has 3 rings (SSSR count). The van der Waals surface area contributed by atoms with E-state index < -0.39 is 11.3 Å². The van der Waals surface area contributed by atoms with Crippen molar-refractivity contribution in [2.45, 2.75) is 6.92 Å². The molecule has 0 amide bonds. The molecule has 0 aliphatic heterocycles. The molecule has 5 heteroatoms. The van der Waals surface area contributed by atoms with Crippen LogP contribution in [0.5, 0.6) is 5.75 Å². The maximum absolute atomic E-state index is 12.9. The summed E-state index contributed by atoms with van der Waals surface area (Å²) in [6, 6.07) is 17.3. The highest BCUT2D eigenvalue weighted by Gasteiger charge is 2.19. The van der Waals surface area contributed by atoms with E-state index in [0.29, 0.717) is 16.4 Å². The quantitative estimate of drug-likeness (QED) is 0.732. The Morgan fingerprint density at radius 1 is 1.04 bits per heavy atom. The second-order valence-corrected chi connectivity index (χ2v) is 5.77. The number of carbonyl (C=O) groups is 1. The number of hydrogen-bond donors (Lipinski definition) is 1. The second kappa shape index (κ2) is 6.34. The molecule has 120 valence electrons. The molecule has 0 bridgehead atoms. The molecule has 0 radical (unpaired) electrons. The third-order valence-corrected chi connectivity index (χ3v) is 3.95. The summed E-state index contributed by atoms with van der Waals surface area (Å²) in [7, 11) is 0. The van der Waals surface area contributed by atoms with Crippen molar-refractivity contribution >= 4 is 17.4 Å². The summed E-state index contributed by atoms with van der Waals surface area (Å²) < 4.78 is 1.40. The molecule has 0 aliphatic rings. The summed E-state index contributed by atoms with van der Waals surface area (Å²) in [5.74, 6) is -0.809. The minimum atomic E-state index is -0.566. The van der Waals surface area contributed by atoms with Gasteiger partial charge in [-0.2, -0.15) is 0 Å². The molecule has 1 heterocycles. The lowest BCUT2D eigenvalue weighted by Gasteiger charge is -2.15. The number of nitrogens with zero attached hydrogens (tertiary/aromatic N) is 1. The molecular formula is C19H14ClNO3. The highest BCUT2D eigenvalue weighted by atomic mass is 35.5. The number of aromatic nitrogens is 1. The number of aromatic hydroxyl groups is 1. The minimum Gasteiger partial charge on any atom is -0.507 e. The second-order valence-electron chi connectivity index (χ2n) is 5.33. The van der Waals surface area contributed by atoms with Gasteiger partial charge in [0.15, 0.2) is 5.78 Å². The van der Waals surface area contributed by atoms with E-state index in [2.05, 4.69) is 0 Å². The molecule has 0 aliphatic carbocycles. The fourth-order valence-electron chi connectivity index (χ4n) is 2.60. The molecule has 0 saturated carbocycles. The lowest BCUT2D eigenvalue weighted by molar-refractivity contribution is 0.101. The highest BCUT2D eigenvalue weighted by Crippen LogP contribution is 2.27. The summed E-state index contributed by atoms with van der Waals surface area (Å²) in [6.45, 7) is 1.25. The van der Waals surface area contributed by atoms with Crippen LogP contribution in [0.25, 0.3) is 16.9 Å². The Bertz CT molecular complexity index is 960. The summed E-state index contributed by atoms with van der Waals surface area (Å²) in [4.78, 5) is 24.6. The van der Waals surface area contributed by atoms with Gasteiger partial charge in [-0.05, 0) is 36.8 Å². The van der Waals surface area contributed by atoms with Crippen LogP contribution >= 0.6 is 11.6 Å². The van der Waals surface area contributed by atoms with Crippen LogP contribution in [0, 0.1) is 0 Å². The van der Waals surface area contributed by atoms with Gasteiger partial charge in [-0.15, -0.1) is 0 Å². The first-order chi connectivity index (χ1) is 11.5. The van der Waals surface area contributed by atoms with E-state index >= 15 is 0 Å². The molecule has 4 nitrogen and oxygen atoms in total. The Morgan fingerprint density at radius 2 is 1.67 bits per heavy atom. The number of halogens is 1. The first kappa shape index (κ1) is 16.0. The molecule has 0 fully saturated rings. The smallest absolute Gasteiger partial charge is 0.270 e. The number of pyridine rings is 1. The predicted molar refractivity (Wildman–Crippen MR) is 94.2 cm³/mol. The minimum absolute atomic E-state index is 0.232. The third-order valence-electron chi connectivity index (χ3n) is 3.69. The van der Waals surface area contributed by atoms with Crippen LogP contribution in [0.1, 0.15) is 17.3 Å². The predicted octanol–water partition coefficient (Wildman–Crippen LogP) is 4.07. The first-order valence-electron chi connectivity index (χ1n) is 7.30. The molecule has 3 aromatic rings. The van der Waals surface area contributed by atoms with Gasteiger partial charge in [-0.1, -0.05) is 41.9 Å². The van der Waals surface area contributed by atoms with Gasteiger partial charge in [0.05, 0.1) is 5.69 Å². The van der Waals surface area contributed by atoms with E-state index in [1.54, 1.807) is 24.3 Å². The standard InChI is InChI=1S/C19H14ClNO3/c1-12(22)18-17(23)11-16(13-5-3-2-4-6-13)21(19(18)24)15-9-7-14(20)8-10-15/h2-11,23H,1H3. The van der Waals surface area contributed by atoms with Crippen molar-refractivity contribution in [2.75, 3.05) is 0 Å². The van der Waals surface area contributed by atoms with Crippen molar-refractivity contribution in [1.82, 2.24) is 4.57 Å². The monoisotopic (exact) mass is 339 g/mol. The number of hydrogen-bond acceptors (Lipinski definition) is 3. The molecule has 0 unspecified atom stereocenters. The number of Topliss-reactive ketones (excluding diaryl/α,β-unsaturated/α-hetero) is 1. The van der Waals surface area contributed by atoms with E-state index in [0.717, 1.165) is 5.56 Å². The molecule has 0 atom stereocenters. The summed E-state index contributed by atoms with van der Waals surface area (Å²) in [5, 5.41) is 10.7. The van der Waals surface area contributed by atoms with Crippen LogP contribution in [0.4, 0.5) is 0 Å². The van der Waals surface area contributed by atoms with Crippen molar-refractivity contribution in [1.29, 1.82) is 0 Å².